The third-order valence-electron chi connectivity index (χ3n) is 2.19. The number of aromatic nitrogens is 1. The number of unbranched alkanes of at least 4 members (excludes halogenated alkanes) is 1. The molecule has 0 unspecified atom stereocenters. The van der Waals surface area contributed by atoms with Crippen molar-refractivity contribution >= 4 is 27.4 Å². The second kappa shape index (κ2) is 6.70. The number of rotatable bonds is 6. The number of nitrogen functional groups attached to an aromatic ring is 1. The molecule has 0 aromatic carbocycles. The summed E-state index contributed by atoms with van der Waals surface area (Å²) in [5, 5.41) is 3.28. The van der Waals surface area contributed by atoms with Gasteiger partial charge in [-0.25, -0.2) is 4.98 Å². The molecule has 90 valence electrons. The van der Waals surface area contributed by atoms with Crippen LogP contribution in [0.2, 0.25) is 0 Å². The molecule has 0 aliphatic carbocycles. The molecule has 0 spiro atoms. The molecule has 16 heavy (non-hydrogen) atoms. The smallest absolute Gasteiger partial charge is 0.140 e. The molecule has 1 rings (SSSR count). The standard InChI is InChI=1S/C11H19BrN4/c1-16(2)6-4-3-5-14-11-10(12)7-9(13)8-15-11/h7-8H,3-6,13H2,1-2H3,(H,14,15). The van der Waals surface area contributed by atoms with Crippen LogP contribution in [-0.2, 0) is 0 Å². The van der Waals surface area contributed by atoms with Gasteiger partial charge in [0.15, 0.2) is 0 Å². The summed E-state index contributed by atoms with van der Waals surface area (Å²) in [6.45, 7) is 2.06. The molecule has 0 aliphatic heterocycles. The first-order valence-corrected chi connectivity index (χ1v) is 6.18. The van der Waals surface area contributed by atoms with E-state index < -0.39 is 0 Å². The van der Waals surface area contributed by atoms with Gasteiger partial charge in [0.05, 0.1) is 16.4 Å². The second-order valence-corrected chi connectivity index (χ2v) is 4.89. The lowest BCUT2D eigenvalue weighted by Gasteiger charge is -2.10. The van der Waals surface area contributed by atoms with E-state index in [9.17, 15) is 0 Å². The number of anilines is 2. The molecule has 0 atom stereocenters. The van der Waals surface area contributed by atoms with E-state index in [1.807, 2.05) is 6.07 Å². The summed E-state index contributed by atoms with van der Waals surface area (Å²) in [7, 11) is 4.18. The third kappa shape index (κ3) is 4.81. The Labute approximate surface area is 105 Å². The van der Waals surface area contributed by atoms with Crippen LogP contribution in [0.5, 0.6) is 0 Å². The minimum absolute atomic E-state index is 0.671. The van der Waals surface area contributed by atoms with Gasteiger partial charge < -0.3 is 16.0 Å². The topological polar surface area (TPSA) is 54.2 Å². The first-order chi connectivity index (χ1) is 7.59. The van der Waals surface area contributed by atoms with E-state index in [1.165, 1.54) is 6.42 Å². The van der Waals surface area contributed by atoms with Gasteiger partial charge in [-0.2, -0.15) is 0 Å². The van der Waals surface area contributed by atoms with Crippen molar-refractivity contribution in [3.8, 4) is 0 Å². The number of pyridine rings is 1. The normalized spacial score (nSPS) is 10.8. The van der Waals surface area contributed by atoms with Gasteiger partial charge in [-0.3, -0.25) is 0 Å². The van der Waals surface area contributed by atoms with Crippen molar-refractivity contribution in [2.45, 2.75) is 12.8 Å². The van der Waals surface area contributed by atoms with Crippen LogP contribution in [0, 0.1) is 0 Å². The highest BCUT2D eigenvalue weighted by Crippen LogP contribution is 2.21. The first-order valence-electron chi connectivity index (χ1n) is 5.39. The van der Waals surface area contributed by atoms with E-state index in [1.54, 1.807) is 6.20 Å². The SMILES string of the molecule is CN(C)CCCCNc1ncc(N)cc1Br. The molecule has 0 fully saturated rings. The highest BCUT2D eigenvalue weighted by Gasteiger charge is 2.00. The van der Waals surface area contributed by atoms with Crippen LogP contribution in [0.3, 0.4) is 0 Å². The Hall–Kier alpha value is -0.810. The molecule has 5 heteroatoms. The third-order valence-corrected chi connectivity index (χ3v) is 2.79. The van der Waals surface area contributed by atoms with Gasteiger partial charge in [0.1, 0.15) is 5.82 Å². The van der Waals surface area contributed by atoms with E-state index in [-0.39, 0.29) is 0 Å². The number of nitrogens with two attached hydrogens (primary N) is 1. The molecule has 0 saturated heterocycles. The zero-order valence-electron chi connectivity index (χ0n) is 9.83. The number of nitrogens with zero attached hydrogens (tertiary/aromatic N) is 2. The zero-order chi connectivity index (χ0) is 12.0. The maximum absolute atomic E-state index is 5.61. The van der Waals surface area contributed by atoms with E-state index >= 15 is 0 Å². The lowest BCUT2D eigenvalue weighted by Crippen LogP contribution is -2.14. The summed E-state index contributed by atoms with van der Waals surface area (Å²) in [5.74, 6) is 0.860. The van der Waals surface area contributed by atoms with Gasteiger partial charge in [-0.15, -0.1) is 0 Å². The maximum Gasteiger partial charge on any atom is 0.140 e. The van der Waals surface area contributed by atoms with Crippen molar-refractivity contribution in [1.29, 1.82) is 0 Å². The van der Waals surface area contributed by atoms with Crippen LogP contribution in [-0.4, -0.2) is 37.1 Å². The summed E-state index contributed by atoms with van der Waals surface area (Å²) >= 11 is 3.43. The van der Waals surface area contributed by atoms with Crippen molar-refractivity contribution in [3.05, 3.63) is 16.7 Å². The molecule has 1 heterocycles. The van der Waals surface area contributed by atoms with Crippen LogP contribution in [0.25, 0.3) is 0 Å². The molecular formula is C11H19BrN4. The summed E-state index contributed by atoms with van der Waals surface area (Å²) in [6, 6.07) is 1.86. The predicted octanol–water partition coefficient (Wildman–Crippen LogP) is 2.18. The zero-order valence-corrected chi connectivity index (χ0v) is 11.4. The lowest BCUT2D eigenvalue weighted by atomic mass is 10.3. The summed E-state index contributed by atoms with van der Waals surface area (Å²) in [5.41, 5.74) is 6.28. The summed E-state index contributed by atoms with van der Waals surface area (Å²) in [6.07, 6.45) is 3.98. The Morgan fingerprint density at radius 1 is 1.44 bits per heavy atom. The van der Waals surface area contributed by atoms with Crippen molar-refractivity contribution in [2.24, 2.45) is 0 Å². The molecule has 1 aromatic rings. The van der Waals surface area contributed by atoms with Crippen LogP contribution in [0.1, 0.15) is 12.8 Å². The van der Waals surface area contributed by atoms with E-state index in [0.29, 0.717) is 5.69 Å². The van der Waals surface area contributed by atoms with Gasteiger partial charge in [0.2, 0.25) is 0 Å². The number of nitrogens with one attached hydrogen (secondary N) is 1. The second-order valence-electron chi connectivity index (χ2n) is 4.04. The molecule has 0 aliphatic rings. The molecule has 1 aromatic heterocycles. The first kappa shape index (κ1) is 13.3. The van der Waals surface area contributed by atoms with E-state index in [2.05, 4.69) is 45.2 Å². The number of hydrogen-bond acceptors (Lipinski definition) is 4. The summed E-state index contributed by atoms with van der Waals surface area (Å²) < 4.78 is 0.917. The highest BCUT2D eigenvalue weighted by molar-refractivity contribution is 9.10. The minimum Gasteiger partial charge on any atom is -0.397 e. The maximum atomic E-state index is 5.61. The fraction of sp³-hybridized carbons (Fsp3) is 0.545. The van der Waals surface area contributed by atoms with Gasteiger partial charge in [0.25, 0.3) is 0 Å². The van der Waals surface area contributed by atoms with Crippen molar-refractivity contribution in [3.63, 3.8) is 0 Å². The minimum atomic E-state index is 0.671. The molecular weight excluding hydrogens is 268 g/mol. The fourth-order valence-corrected chi connectivity index (χ4v) is 1.85. The average molecular weight is 287 g/mol. The van der Waals surface area contributed by atoms with Gasteiger partial charge in [0, 0.05) is 6.54 Å². The van der Waals surface area contributed by atoms with E-state index in [0.717, 1.165) is 29.8 Å². The van der Waals surface area contributed by atoms with Crippen LogP contribution in [0.4, 0.5) is 11.5 Å². The van der Waals surface area contributed by atoms with E-state index in [4.69, 9.17) is 5.73 Å². The largest absolute Gasteiger partial charge is 0.397 e. The quantitative estimate of drug-likeness (QED) is 0.787. The van der Waals surface area contributed by atoms with Gasteiger partial charge in [-0.05, 0) is 55.5 Å². The summed E-state index contributed by atoms with van der Waals surface area (Å²) in [4.78, 5) is 6.41. The number of hydrogen-bond donors (Lipinski definition) is 2. The highest BCUT2D eigenvalue weighted by atomic mass is 79.9. The molecule has 0 amide bonds. The van der Waals surface area contributed by atoms with Gasteiger partial charge in [-0.1, -0.05) is 0 Å². The monoisotopic (exact) mass is 286 g/mol. The molecule has 4 nitrogen and oxygen atoms in total. The van der Waals surface area contributed by atoms with Crippen molar-refractivity contribution < 1.29 is 0 Å². The van der Waals surface area contributed by atoms with Crippen molar-refractivity contribution in [2.75, 3.05) is 38.2 Å². The Kier molecular flexibility index (Phi) is 5.55. The fourth-order valence-electron chi connectivity index (χ4n) is 1.34. The molecule has 3 N–H and O–H groups in total. The van der Waals surface area contributed by atoms with Crippen LogP contribution in [0.15, 0.2) is 16.7 Å². The molecule has 0 radical (unpaired) electrons. The van der Waals surface area contributed by atoms with Crippen LogP contribution >= 0.6 is 15.9 Å². The predicted molar refractivity (Wildman–Crippen MR) is 72.6 cm³/mol. The Morgan fingerprint density at radius 3 is 2.81 bits per heavy atom. The Morgan fingerprint density at radius 2 is 2.19 bits per heavy atom. The average Bonchev–Trinajstić information content (AvgIpc) is 2.20. The molecule has 0 bridgehead atoms. The van der Waals surface area contributed by atoms with Gasteiger partial charge >= 0.3 is 0 Å². The molecule has 0 saturated carbocycles. The van der Waals surface area contributed by atoms with Crippen LogP contribution < -0.4 is 11.1 Å². The Balaban J connectivity index is 2.27. The van der Waals surface area contributed by atoms with Crippen molar-refractivity contribution in [1.82, 2.24) is 9.88 Å². The Bertz CT molecular complexity index is 328. The lowest BCUT2D eigenvalue weighted by molar-refractivity contribution is 0.396. The number of halogens is 1.